The number of hydrogen-bond donors (Lipinski definition) is 0. The Kier molecular flexibility index (Phi) is 6.56. The number of hydrogen-bond acceptors (Lipinski definition) is 1. The predicted octanol–water partition coefficient (Wildman–Crippen LogP) is 5.31. The Morgan fingerprint density at radius 3 is 2.33 bits per heavy atom. The molecule has 0 aromatic heterocycles. The summed E-state index contributed by atoms with van der Waals surface area (Å²) in [5.74, 6) is 1.55. The van der Waals surface area contributed by atoms with E-state index in [9.17, 15) is 0 Å². The molecule has 0 unspecified atom stereocenters. The molecule has 1 nitrogen and oxygen atoms in total. The highest BCUT2D eigenvalue weighted by Gasteiger charge is 2.05. The summed E-state index contributed by atoms with van der Waals surface area (Å²) in [5.41, 5.74) is 2.74. The molecule has 0 aliphatic carbocycles. The Morgan fingerprint density at radius 2 is 1.83 bits per heavy atom. The van der Waals surface area contributed by atoms with Crippen molar-refractivity contribution in [3.8, 4) is 5.75 Å². The lowest BCUT2D eigenvalue weighted by Crippen LogP contribution is -1.97. The number of unbranched alkanes of at least 4 members (excludes halogenated alkanes) is 1. The van der Waals surface area contributed by atoms with Crippen molar-refractivity contribution in [3.63, 3.8) is 0 Å². The zero-order valence-electron chi connectivity index (χ0n) is 12.2. The van der Waals surface area contributed by atoms with Crippen molar-refractivity contribution in [1.29, 1.82) is 0 Å². The monoisotopic (exact) mass is 246 g/mol. The Balaban J connectivity index is 2.72. The first-order valence-corrected chi connectivity index (χ1v) is 7.12. The lowest BCUT2D eigenvalue weighted by molar-refractivity contribution is 0.309. The third kappa shape index (κ3) is 4.56. The van der Waals surface area contributed by atoms with E-state index in [1.165, 1.54) is 17.6 Å². The van der Waals surface area contributed by atoms with Crippen molar-refractivity contribution in [2.45, 2.75) is 47.0 Å². The van der Waals surface area contributed by atoms with Gasteiger partial charge in [0.15, 0.2) is 0 Å². The average Bonchev–Trinajstić information content (AvgIpc) is 2.37. The SMILES string of the molecule is CCC=C(c1ccc(OCCCC)cc1)C(C)C. The van der Waals surface area contributed by atoms with Gasteiger partial charge >= 0.3 is 0 Å². The Morgan fingerprint density at radius 1 is 1.17 bits per heavy atom. The molecule has 18 heavy (non-hydrogen) atoms. The van der Waals surface area contributed by atoms with E-state index in [-0.39, 0.29) is 0 Å². The number of benzene rings is 1. The molecule has 1 aromatic rings. The summed E-state index contributed by atoms with van der Waals surface area (Å²) >= 11 is 0. The summed E-state index contributed by atoms with van der Waals surface area (Å²) in [6, 6.07) is 8.50. The van der Waals surface area contributed by atoms with Gasteiger partial charge in [-0.05, 0) is 42.0 Å². The fraction of sp³-hybridized carbons (Fsp3) is 0.529. The van der Waals surface area contributed by atoms with Gasteiger partial charge in [-0.2, -0.15) is 0 Å². The van der Waals surface area contributed by atoms with Gasteiger partial charge in [0.2, 0.25) is 0 Å². The molecule has 0 amide bonds. The maximum Gasteiger partial charge on any atom is 0.119 e. The van der Waals surface area contributed by atoms with E-state index in [1.807, 2.05) is 0 Å². The van der Waals surface area contributed by atoms with Gasteiger partial charge in [0.25, 0.3) is 0 Å². The molecule has 0 radical (unpaired) electrons. The fourth-order valence-corrected chi connectivity index (χ4v) is 1.98. The molecule has 1 rings (SSSR count). The summed E-state index contributed by atoms with van der Waals surface area (Å²) in [6.45, 7) is 9.67. The topological polar surface area (TPSA) is 9.23 Å². The lowest BCUT2D eigenvalue weighted by Gasteiger charge is -2.13. The molecule has 1 aromatic carbocycles. The molecule has 100 valence electrons. The van der Waals surface area contributed by atoms with Crippen molar-refractivity contribution in [3.05, 3.63) is 35.9 Å². The van der Waals surface area contributed by atoms with E-state index in [2.05, 4.69) is 58.0 Å². The van der Waals surface area contributed by atoms with Gasteiger partial charge in [-0.25, -0.2) is 0 Å². The standard InChI is InChI=1S/C17H26O/c1-5-7-13-18-16-11-9-15(10-12-16)17(8-6-2)14(3)4/h8-12,14H,5-7,13H2,1-4H3. The molecule has 0 spiro atoms. The minimum Gasteiger partial charge on any atom is -0.494 e. The van der Waals surface area contributed by atoms with Crippen LogP contribution in [0.25, 0.3) is 5.57 Å². The smallest absolute Gasteiger partial charge is 0.119 e. The molecule has 0 fully saturated rings. The third-order valence-corrected chi connectivity index (χ3v) is 3.00. The van der Waals surface area contributed by atoms with Crippen LogP contribution in [-0.2, 0) is 0 Å². The molecule has 0 aliphatic heterocycles. The van der Waals surface area contributed by atoms with E-state index in [0.29, 0.717) is 5.92 Å². The van der Waals surface area contributed by atoms with Crippen molar-refractivity contribution in [1.82, 2.24) is 0 Å². The molecule has 0 saturated heterocycles. The molecule has 0 atom stereocenters. The second kappa shape index (κ2) is 7.97. The van der Waals surface area contributed by atoms with Crippen LogP contribution in [0.5, 0.6) is 5.75 Å². The van der Waals surface area contributed by atoms with Crippen LogP contribution < -0.4 is 4.74 Å². The van der Waals surface area contributed by atoms with Crippen LogP contribution in [0, 0.1) is 5.92 Å². The van der Waals surface area contributed by atoms with Crippen molar-refractivity contribution >= 4 is 5.57 Å². The van der Waals surface area contributed by atoms with Crippen molar-refractivity contribution < 1.29 is 4.74 Å². The van der Waals surface area contributed by atoms with E-state index < -0.39 is 0 Å². The van der Waals surface area contributed by atoms with E-state index in [1.54, 1.807) is 0 Å². The van der Waals surface area contributed by atoms with E-state index in [0.717, 1.165) is 25.2 Å². The van der Waals surface area contributed by atoms with Gasteiger partial charge in [0, 0.05) is 0 Å². The van der Waals surface area contributed by atoms with E-state index in [4.69, 9.17) is 4.74 Å². The van der Waals surface area contributed by atoms with Gasteiger partial charge < -0.3 is 4.74 Å². The normalized spacial score (nSPS) is 11.9. The summed E-state index contributed by atoms with van der Waals surface area (Å²) < 4.78 is 5.68. The van der Waals surface area contributed by atoms with Crippen LogP contribution in [0.3, 0.4) is 0 Å². The first-order chi connectivity index (χ1) is 8.69. The van der Waals surface area contributed by atoms with Crippen LogP contribution in [0.15, 0.2) is 30.3 Å². The molecule has 1 heteroatoms. The predicted molar refractivity (Wildman–Crippen MR) is 80.0 cm³/mol. The first kappa shape index (κ1) is 14.8. The van der Waals surface area contributed by atoms with Crippen LogP contribution in [0.2, 0.25) is 0 Å². The van der Waals surface area contributed by atoms with Crippen LogP contribution in [0.1, 0.15) is 52.5 Å². The second-order valence-electron chi connectivity index (χ2n) is 4.95. The Hall–Kier alpha value is -1.24. The molecule has 0 N–H and O–H groups in total. The fourth-order valence-electron chi connectivity index (χ4n) is 1.98. The lowest BCUT2D eigenvalue weighted by atomic mass is 9.94. The van der Waals surface area contributed by atoms with Crippen molar-refractivity contribution in [2.24, 2.45) is 5.92 Å². The maximum atomic E-state index is 5.68. The number of rotatable bonds is 7. The highest BCUT2D eigenvalue weighted by atomic mass is 16.5. The highest BCUT2D eigenvalue weighted by Crippen LogP contribution is 2.25. The second-order valence-corrected chi connectivity index (χ2v) is 4.95. The molecule has 0 heterocycles. The zero-order valence-corrected chi connectivity index (χ0v) is 12.2. The summed E-state index contributed by atoms with van der Waals surface area (Å²) in [5, 5.41) is 0. The Bertz CT molecular complexity index is 360. The average molecular weight is 246 g/mol. The van der Waals surface area contributed by atoms with Crippen LogP contribution in [-0.4, -0.2) is 6.61 Å². The quantitative estimate of drug-likeness (QED) is 0.592. The molecular weight excluding hydrogens is 220 g/mol. The van der Waals surface area contributed by atoms with Gasteiger partial charge in [-0.15, -0.1) is 0 Å². The number of allylic oxidation sites excluding steroid dienone is 2. The first-order valence-electron chi connectivity index (χ1n) is 7.12. The largest absolute Gasteiger partial charge is 0.494 e. The van der Waals surface area contributed by atoms with Gasteiger partial charge in [-0.3, -0.25) is 0 Å². The molecular formula is C17H26O. The Labute approximate surface area is 112 Å². The van der Waals surface area contributed by atoms with Crippen molar-refractivity contribution in [2.75, 3.05) is 6.61 Å². The molecule has 0 saturated carbocycles. The van der Waals surface area contributed by atoms with Gasteiger partial charge in [0.1, 0.15) is 5.75 Å². The van der Waals surface area contributed by atoms with Crippen LogP contribution in [0.4, 0.5) is 0 Å². The molecule has 0 aliphatic rings. The maximum absolute atomic E-state index is 5.68. The van der Waals surface area contributed by atoms with Crippen LogP contribution >= 0.6 is 0 Å². The third-order valence-electron chi connectivity index (χ3n) is 3.00. The summed E-state index contributed by atoms with van der Waals surface area (Å²) in [6.07, 6.45) is 5.70. The zero-order chi connectivity index (χ0) is 13.4. The van der Waals surface area contributed by atoms with Gasteiger partial charge in [-0.1, -0.05) is 52.3 Å². The number of ether oxygens (including phenoxy) is 1. The van der Waals surface area contributed by atoms with E-state index >= 15 is 0 Å². The summed E-state index contributed by atoms with van der Waals surface area (Å²) in [4.78, 5) is 0. The minimum atomic E-state index is 0.566. The summed E-state index contributed by atoms with van der Waals surface area (Å²) in [7, 11) is 0. The minimum absolute atomic E-state index is 0.566. The highest BCUT2D eigenvalue weighted by molar-refractivity contribution is 5.67. The molecule has 0 bridgehead atoms. The van der Waals surface area contributed by atoms with Gasteiger partial charge in [0.05, 0.1) is 6.61 Å².